The molecule has 28 heavy (non-hydrogen) atoms. The van der Waals surface area contributed by atoms with Gasteiger partial charge in [0.25, 0.3) is 5.69 Å². The molecule has 0 saturated carbocycles. The number of carbonyl (C=O) groups excluding carboxylic acids is 1. The van der Waals surface area contributed by atoms with Crippen LogP contribution in [0.15, 0.2) is 48.5 Å². The third-order valence-electron chi connectivity index (χ3n) is 4.73. The molecular weight excluding hydrogens is 378 g/mol. The molecule has 3 aromatic rings. The first-order valence-corrected chi connectivity index (χ1v) is 9.92. The Kier molecular flexibility index (Phi) is 5.31. The fraction of sp³-hybridized carbons (Fsp3) is 0.300. The number of ether oxygens (including phenoxy) is 1. The van der Waals surface area contributed by atoms with Gasteiger partial charge in [-0.2, -0.15) is 0 Å². The second-order valence-electron chi connectivity index (χ2n) is 6.70. The number of hydrogen-bond donors (Lipinski definition) is 0. The summed E-state index contributed by atoms with van der Waals surface area (Å²) in [5.41, 5.74) is 1.61. The van der Waals surface area contributed by atoms with Gasteiger partial charge in [-0.1, -0.05) is 35.6 Å². The van der Waals surface area contributed by atoms with Crippen molar-refractivity contribution < 1.29 is 14.5 Å². The summed E-state index contributed by atoms with van der Waals surface area (Å²) in [6.07, 6.45) is 2.08. The van der Waals surface area contributed by atoms with Gasteiger partial charge >= 0.3 is 0 Å². The number of hydrogen-bond acceptors (Lipinski definition) is 6. The lowest BCUT2D eigenvalue weighted by molar-refractivity contribution is -0.384. The van der Waals surface area contributed by atoms with Gasteiger partial charge in [-0.25, -0.2) is 4.98 Å². The molecule has 1 saturated heterocycles. The third-order valence-corrected chi connectivity index (χ3v) is 5.79. The van der Waals surface area contributed by atoms with Gasteiger partial charge in [0.15, 0.2) is 5.13 Å². The van der Waals surface area contributed by atoms with E-state index >= 15 is 0 Å². The summed E-state index contributed by atoms with van der Waals surface area (Å²) < 4.78 is 6.76. The fourth-order valence-electron chi connectivity index (χ4n) is 3.26. The van der Waals surface area contributed by atoms with Gasteiger partial charge in [0.2, 0.25) is 5.91 Å². The molecule has 0 aliphatic carbocycles. The van der Waals surface area contributed by atoms with Gasteiger partial charge in [-0.3, -0.25) is 19.8 Å². The Bertz CT molecular complexity index is 963. The number of amides is 1. The number of carbonyl (C=O) groups is 1. The average molecular weight is 397 g/mol. The largest absolute Gasteiger partial charge is 0.376 e. The van der Waals surface area contributed by atoms with Crippen LogP contribution in [-0.4, -0.2) is 35.1 Å². The number of para-hydroxylation sites is 1. The fourth-order valence-corrected chi connectivity index (χ4v) is 4.25. The molecule has 0 bridgehead atoms. The highest BCUT2D eigenvalue weighted by atomic mass is 32.1. The lowest BCUT2D eigenvalue weighted by Gasteiger charge is -2.23. The zero-order valence-electron chi connectivity index (χ0n) is 15.1. The third kappa shape index (κ3) is 4.02. The molecule has 2 aromatic carbocycles. The molecule has 1 aliphatic heterocycles. The van der Waals surface area contributed by atoms with E-state index in [1.807, 2.05) is 24.3 Å². The Morgan fingerprint density at radius 2 is 2.04 bits per heavy atom. The van der Waals surface area contributed by atoms with Crippen molar-refractivity contribution in [1.82, 2.24) is 4.98 Å². The summed E-state index contributed by atoms with van der Waals surface area (Å²) in [4.78, 5) is 29.8. The Morgan fingerprint density at radius 3 is 2.71 bits per heavy atom. The molecule has 1 unspecified atom stereocenters. The Hall–Kier alpha value is -2.84. The van der Waals surface area contributed by atoms with E-state index in [2.05, 4.69) is 4.98 Å². The highest BCUT2D eigenvalue weighted by Gasteiger charge is 2.26. The monoisotopic (exact) mass is 397 g/mol. The highest BCUT2D eigenvalue weighted by Crippen LogP contribution is 2.30. The molecule has 8 heteroatoms. The Morgan fingerprint density at radius 1 is 1.25 bits per heavy atom. The minimum absolute atomic E-state index is 0.00724. The number of benzene rings is 2. The van der Waals surface area contributed by atoms with Gasteiger partial charge in [-0.05, 0) is 30.5 Å². The summed E-state index contributed by atoms with van der Waals surface area (Å²) in [7, 11) is 0. The summed E-state index contributed by atoms with van der Waals surface area (Å²) in [5, 5.41) is 11.5. The van der Waals surface area contributed by atoms with Crippen LogP contribution in [0.3, 0.4) is 0 Å². The second kappa shape index (κ2) is 8.04. The van der Waals surface area contributed by atoms with E-state index < -0.39 is 4.92 Å². The van der Waals surface area contributed by atoms with E-state index in [1.54, 1.807) is 17.0 Å². The van der Waals surface area contributed by atoms with Crippen molar-refractivity contribution in [1.29, 1.82) is 0 Å². The molecule has 1 aliphatic rings. The Labute approximate surface area is 165 Å². The second-order valence-corrected chi connectivity index (χ2v) is 7.71. The molecule has 7 nitrogen and oxygen atoms in total. The Balaban J connectivity index is 1.58. The van der Waals surface area contributed by atoms with Crippen molar-refractivity contribution in [2.24, 2.45) is 0 Å². The van der Waals surface area contributed by atoms with Crippen LogP contribution >= 0.6 is 11.3 Å². The average Bonchev–Trinajstić information content (AvgIpc) is 3.35. The van der Waals surface area contributed by atoms with Crippen molar-refractivity contribution in [3.8, 4) is 0 Å². The van der Waals surface area contributed by atoms with Gasteiger partial charge in [0.05, 0.1) is 34.2 Å². The SMILES string of the molecule is O=C(Cc1ccc([N+](=O)[O-])cc1)N(CC1CCCO1)c1nc2ccccc2s1. The summed E-state index contributed by atoms with van der Waals surface area (Å²) in [6.45, 7) is 1.18. The first-order chi connectivity index (χ1) is 13.6. The van der Waals surface area contributed by atoms with Crippen LogP contribution in [0, 0.1) is 10.1 Å². The maximum absolute atomic E-state index is 13.1. The number of non-ortho nitro benzene ring substituents is 1. The quantitative estimate of drug-likeness (QED) is 0.464. The molecule has 2 heterocycles. The summed E-state index contributed by atoms with van der Waals surface area (Å²) >= 11 is 1.48. The van der Waals surface area contributed by atoms with Crippen LogP contribution < -0.4 is 4.90 Å². The lowest BCUT2D eigenvalue weighted by Crippen LogP contribution is -2.38. The molecule has 1 fully saturated rings. The molecule has 144 valence electrons. The van der Waals surface area contributed by atoms with Gasteiger partial charge in [0.1, 0.15) is 0 Å². The van der Waals surface area contributed by atoms with Crippen LogP contribution in [0.2, 0.25) is 0 Å². The van der Waals surface area contributed by atoms with Gasteiger partial charge in [0, 0.05) is 18.7 Å². The highest BCUT2D eigenvalue weighted by molar-refractivity contribution is 7.22. The van der Waals surface area contributed by atoms with Crippen LogP contribution in [0.25, 0.3) is 10.2 Å². The number of anilines is 1. The maximum Gasteiger partial charge on any atom is 0.269 e. The predicted octanol–water partition coefficient (Wildman–Crippen LogP) is 3.96. The van der Waals surface area contributed by atoms with Crippen molar-refractivity contribution in [3.05, 3.63) is 64.2 Å². The zero-order chi connectivity index (χ0) is 19.5. The van der Waals surface area contributed by atoms with Crippen molar-refractivity contribution in [3.63, 3.8) is 0 Å². The first-order valence-electron chi connectivity index (χ1n) is 9.11. The number of thiazole rings is 1. The predicted molar refractivity (Wildman–Crippen MR) is 108 cm³/mol. The number of nitrogens with zero attached hydrogens (tertiary/aromatic N) is 3. The van der Waals surface area contributed by atoms with Crippen molar-refractivity contribution >= 4 is 38.3 Å². The van der Waals surface area contributed by atoms with E-state index in [4.69, 9.17) is 4.74 Å². The van der Waals surface area contributed by atoms with E-state index in [0.717, 1.165) is 35.2 Å². The van der Waals surface area contributed by atoms with Crippen molar-refractivity contribution in [2.75, 3.05) is 18.1 Å². The van der Waals surface area contributed by atoms with Crippen LogP contribution in [0.5, 0.6) is 0 Å². The lowest BCUT2D eigenvalue weighted by atomic mass is 10.1. The number of nitro groups is 1. The van der Waals surface area contributed by atoms with E-state index in [9.17, 15) is 14.9 Å². The van der Waals surface area contributed by atoms with Crippen LogP contribution in [0.4, 0.5) is 10.8 Å². The molecule has 1 amide bonds. The molecule has 1 atom stereocenters. The molecule has 4 rings (SSSR count). The van der Waals surface area contributed by atoms with E-state index in [0.29, 0.717) is 11.7 Å². The van der Waals surface area contributed by atoms with Gasteiger partial charge in [-0.15, -0.1) is 0 Å². The number of aromatic nitrogens is 1. The van der Waals surface area contributed by atoms with Crippen LogP contribution in [-0.2, 0) is 16.0 Å². The number of nitro benzene ring substituents is 1. The molecule has 0 radical (unpaired) electrons. The van der Waals surface area contributed by atoms with E-state index in [1.165, 1.54) is 23.5 Å². The molecular formula is C20H19N3O4S. The van der Waals surface area contributed by atoms with Crippen LogP contribution in [0.1, 0.15) is 18.4 Å². The normalized spacial score (nSPS) is 16.4. The molecule has 1 aromatic heterocycles. The zero-order valence-corrected chi connectivity index (χ0v) is 15.9. The minimum atomic E-state index is -0.448. The molecule has 0 spiro atoms. The molecule has 0 N–H and O–H groups in total. The smallest absolute Gasteiger partial charge is 0.269 e. The standard InChI is InChI=1S/C20H19N3O4S/c24-19(12-14-7-9-15(10-8-14)23(25)26)22(13-16-4-3-11-27-16)20-21-17-5-1-2-6-18(17)28-20/h1-2,5-10,16H,3-4,11-13H2. The topological polar surface area (TPSA) is 85.6 Å². The van der Waals surface area contributed by atoms with Crippen molar-refractivity contribution in [2.45, 2.75) is 25.4 Å². The van der Waals surface area contributed by atoms with E-state index in [-0.39, 0.29) is 24.1 Å². The summed E-state index contributed by atoms with van der Waals surface area (Å²) in [5.74, 6) is -0.0941. The maximum atomic E-state index is 13.1. The number of rotatable bonds is 6. The first kappa shape index (κ1) is 18.5. The number of fused-ring (bicyclic) bond motifs is 1. The minimum Gasteiger partial charge on any atom is -0.376 e. The summed E-state index contributed by atoms with van der Waals surface area (Å²) in [6, 6.07) is 13.9. The van der Waals surface area contributed by atoms with Gasteiger partial charge < -0.3 is 4.74 Å².